The lowest BCUT2D eigenvalue weighted by atomic mass is 10.1. The lowest BCUT2D eigenvalue weighted by molar-refractivity contribution is -0.138. The van der Waals surface area contributed by atoms with Gasteiger partial charge in [0.2, 0.25) is 0 Å². The molecule has 0 aliphatic carbocycles. The van der Waals surface area contributed by atoms with Gasteiger partial charge in [0.05, 0.1) is 0 Å². The van der Waals surface area contributed by atoms with Gasteiger partial charge in [-0.1, -0.05) is 53.6 Å². The van der Waals surface area contributed by atoms with Crippen molar-refractivity contribution in [3.8, 4) is 0 Å². The quantitative estimate of drug-likeness (QED) is 0.615. The maximum absolute atomic E-state index is 11.6. The van der Waals surface area contributed by atoms with Gasteiger partial charge in [-0.05, 0) is 36.3 Å². The van der Waals surface area contributed by atoms with E-state index in [-0.39, 0.29) is 12.6 Å². The monoisotopic (exact) mass is 286 g/mol. The second kappa shape index (κ2) is 6.92. The standard InChI is InChI=1S/C17H15ClO2/c1-13-2-4-14(5-3-13)8-11-17(19)20-12-15-6-9-16(18)10-7-15/h2-11H,12H2,1H3. The van der Waals surface area contributed by atoms with Gasteiger partial charge in [0.1, 0.15) is 6.61 Å². The first-order chi connectivity index (χ1) is 9.63. The number of carbonyl (C=O) groups excluding carboxylic acids is 1. The third kappa shape index (κ3) is 4.56. The van der Waals surface area contributed by atoms with Crippen LogP contribution in [0.25, 0.3) is 6.08 Å². The van der Waals surface area contributed by atoms with E-state index in [1.54, 1.807) is 18.2 Å². The summed E-state index contributed by atoms with van der Waals surface area (Å²) in [7, 11) is 0. The Bertz CT molecular complexity index is 598. The van der Waals surface area contributed by atoms with Crippen molar-refractivity contribution in [2.75, 3.05) is 0 Å². The van der Waals surface area contributed by atoms with Crippen LogP contribution in [0.5, 0.6) is 0 Å². The highest BCUT2D eigenvalue weighted by Gasteiger charge is 1.99. The first-order valence-electron chi connectivity index (χ1n) is 6.29. The van der Waals surface area contributed by atoms with E-state index >= 15 is 0 Å². The van der Waals surface area contributed by atoms with Crippen LogP contribution in [0.1, 0.15) is 16.7 Å². The van der Waals surface area contributed by atoms with Crippen LogP contribution >= 0.6 is 11.6 Å². The summed E-state index contributed by atoms with van der Waals surface area (Å²) in [6.45, 7) is 2.27. The van der Waals surface area contributed by atoms with E-state index in [9.17, 15) is 4.79 Å². The summed E-state index contributed by atoms with van der Waals surface area (Å²) < 4.78 is 5.14. The molecule has 0 saturated heterocycles. The summed E-state index contributed by atoms with van der Waals surface area (Å²) in [5.41, 5.74) is 3.07. The Morgan fingerprint density at radius 1 is 1.10 bits per heavy atom. The van der Waals surface area contributed by atoms with Crippen LogP contribution in [0.2, 0.25) is 5.02 Å². The van der Waals surface area contributed by atoms with Crippen LogP contribution in [0.3, 0.4) is 0 Å². The molecule has 2 nitrogen and oxygen atoms in total. The minimum absolute atomic E-state index is 0.244. The Balaban J connectivity index is 1.86. The van der Waals surface area contributed by atoms with Crippen LogP contribution in [0.15, 0.2) is 54.6 Å². The second-order valence-electron chi connectivity index (χ2n) is 4.48. The number of esters is 1. The van der Waals surface area contributed by atoms with Crippen molar-refractivity contribution < 1.29 is 9.53 Å². The predicted molar refractivity (Wildman–Crippen MR) is 81.5 cm³/mol. The van der Waals surface area contributed by atoms with Gasteiger partial charge in [0, 0.05) is 11.1 Å². The molecule has 20 heavy (non-hydrogen) atoms. The second-order valence-corrected chi connectivity index (χ2v) is 4.91. The molecule has 0 spiro atoms. The van der Waals surface area contributed by atoms with Gasteiger partial charge in [-0.2, -0.15) is 0 Å². The van der Waals surface area contributed by atoms with Crippen molar-refractivity contribution in [2.24, 2.45) is 0 Å². The van der Waals surface area contributed by atoms with E-state index in [1.807, 2.05) is 43.3 Å². The Kier molecular flexibility index (Phi) is 4.97. The van der Waals surface area contributed by atoms with Crippen LogP contribution in [-0.4, -0.2) is 5.97 Å². The molecule has 2 rings (SSSR count). The molecule has 0 heterocycles. The van der Waals surface area contributed by atoms with Crippen LogP contribution in [0.4, 0.5) is 0 Å². The molecular formula is C17H15ClO2. The highest BCUT2D eigenvalue weighted by molar-refractivity contribution is 6.30. The fourth-order valence-electron chi connectivity index (χ4n) is 1.63. The number of hydrogen-bond acceptors (Lipinski definition) is 2. The molecule has 0 aliphatic heterocycles. The van der Waals surface area contributed by atoms with Gasteiger partial charge in [-0.15, -0.1) is 0 Å². The molecule has 0 bridgehead atoms. The highest BCUT2D eigenvalue weighted by Crippen LogP contribution is 2.10. The van der Waals surface area contributed by atoms with Gasteiger partial charge < -0.3 is 4.74 Å². The topological polar surface area (TPSA) is 26.3 Å². The third-order valence-electron chi connectivity index (χ3n) is 2.78. The number of carbonyl (C=O) groups is 1. The molecule has 0 aliphatic rings. The van der Waals surface area contributed by atoms with Crippen molar-refractivity contribution in [1.82, 2.24) is 0 Å². The summed E-state index contributed by atoms with van der Waals surface area (Å²) in [5, 5.41) is 0.666. The molecule has 0 atom stereocenters. The molecule has 2 aromatic rings. The summed E-state index contributed by atoms with van der Waals surface area (Å²) in [5.74, 6) is -0.361. The van der Waals surface area contributed by atoms with E-state index in [0.717, 1.165) is 11.1 Å². The number of benzene rings is 2. The molecule has 0 saturated carbocycles. The zero-order chi connectivity index (χ0) is 14.4. The minimum atomic E-state index is -0.361. The van der Waals surface area contributed by atoms with Crippen molar-refractivity contribution in [3.05, 3.63) is 76.3 Å². The molecule has 0 aromatic heterocycles. The molecule has 3 heteroatoms. The first kappa shape index (κ1) is 14.4. The SMILES string of the molecule is Cc1ccc(C=CC(=O)OCc2ccc(Cl)cc2)cc1. The lowest BCUT2D eigenvalue weighted by Crippen LogP contribution is -2.00. The smallest absolute Gasteiger partial charge is 0.331 e. The predicted octanol–water partition coefficient (Wildman–Crippen LogP) is 4.41. The highest BCUT2D eigenvalue weighted by atomic mass is 35.5. The van der Waals surface area contributed by atoms with Gasteiger partial charge >= 0.3 is 5.97 Å². The van der Waals surface area contributed by atoms with E-state index in [1.165, 1.54) is 11.6 Å². The molecule has 2 aromatic carbocycles. The zero-order valence-corrected chi connectivity index (χ0v) is 11.9. The maximum Gasteiger partial charge on any atom is 0.331 e. The van der Waals surface area contributed by atoms with Crippen molar-refractivity contribution >= 4 is 23.6 Å². The lowest BCUT2D eigenvalue weighted by Gasteiger charge is -2.02. The van der Waals surface area contributed by atoms with E-state index < -0.39 is 0 Å². The Morgan fingerprint density at radius 2 is 1.75 bits per heavy atom. The van der Waals surface area contributed by atoms with E-state index in [0.29, 0.717) is 5.02 Å². The molecule has 0 unspecified atom stereocenters. The van der Waals surface area contributed by atoms with Crippen molar-refractivity contribution in [2.45, 2.75) is 13.5 Å². The molecule has 0 radical (unpaired) electrons. The number of ether oxygens (including phenoxy) is 1. The Morgan fingerprint density at radius 3 is 2.40 bits per heavy atom. The van der Waals surface area contributed by atoms with Gasteiger partial charge in [-0.3, -0.25) is 0 Å². The number of rotatable bonds is 4. The Hall–Kier alpha value is -2.06. The largest absolute Gasteiger partial charge is 0.458 e. The van der Waals surface area contributed by atoms with Crippen LogP contribution in [0, 0.1) is 6.92 Å². The third-order valence-corrected chi connectivity index (χ3v) is 3.04. The molecular weight excluding hydrogens is 272 g/mol. The summed E-state index contributed by atoms with van der Waals surface area (Å²) in [4.78, 5) is 11.6. The summed E-state index contributed by atoms with van der Waals surface area (Å²) >= 11 is 5.78. The van der Waals surface area contributed by atoms with Gasteiger partial charge in [0.15, 0.2) is 0 Å². The summed E-state index contributed by atoms with van der Waals surface area (Å²) in [6, 6.07) is 15.1. The molecule has 102 valence electrons. The van der Waals surface area contributed by atoms with E-state index in [4.69, 9.17) is 16.3 Å². The number of hydrogen-bond donors (Lipinski definition) is 0. The van der Waals surface area contributed by atoms with Gasteiger partial charge in [-0.25, -0.2) is 4.79 Å². The fraction of sp³-hybridized carbons (Fsp3) is 0.118. The van der Waals surface area contributed by atoms with Crippen molar-refractivity contribution in [3.63, 3.8) is 0 Å². The average molecular weight is 287 g/mol. The maximum atomic E-state index is 11.6. The molecule has 0 amide bonds. The number of aryl methyl sites for hydroxylation is 1. The normalized spacial score (nSPS) is 10.7. The Labute approximate surface area is 123 Å². The first-order valence-corrected chi connectivity index (χ1v) is 6.67. The van der Waals surface area contributed by atoms with Crippen LogP contribution in [-0.2, 0) is 16.1 Å². The number of halogens is 1. The zero-order valence-electron chi connectivity index (χ0n) is 11.2. The summed E-state index contributed by atoms with van der Waals surface area (Å²) in [6.07, 6.45) is 3.17. The molecule has 0 N–H and O–H groups in total. The van der Waals surface area contributed by atoms with Crippen LogP contribution < -0.4 is 0 Å². The molecule has 0 fully saturated rings. The van der Waals surface area contributed by atoms with E-state index in [2.05, 4.69) is 0 Å². The minimum Gasteiger partial charge on any atom is -0.458 e. The van der Waals surface area contributed by atoms with Crippen molar-refractivity contribution in [1.29, 1.82) is 0 Å². The average Bonchev–Trinajstić information content (AvgIpc) is 2.46. The van der Waals surface area contributed by atoms with Gasteiger partial charge in [0.25, 0.3) is 0 Å². The fourth-order valence-corrected chi connectivity index (χ4v) is 1.75.